The van der Waals surface area contributed by atoms with E-state index in [4.69, 9.17) is 16.2 Å². The summed E-state index contributed by atoms with van der Waals surface area (Å²) in [6.07, 6.45) is 2.17. The first kappa shape index (κ1) is 9.71. The highest BCUT2D eigenvalue weighted by molar-refractivity contribution is 5.60. The van der Waals surface area contributed by atoms with Gasteiger partial charge in [0.1, 0.15) is 5.75 Å². The number of nitrogen functional groups attached to an aromatic ring is 2. The molecule has 0 saturated heterocycles. The average Bonchev–Trinajstić information content (AvgIpc) is 2.09. The first-order chi connectivity index (χ1) is 6.24. The number of unbranched alkanes of at least 4 members (excludes halogenated alkanes) is 1. The number of hydrogen-bond donors (Lipinski definition) is 2. The maximum absolute atomic E-state index is 5.70. The third-order valence-electron chi connectivity index (χ3n) is 1.79. The maximum atomic E-state index is 5.70. The van der Waals surface area contributed by atoms with Crippen LogP contribution >= 0.6 is 0 Å². The van der Waals surface area contributed by atoms with Crippen molar-refractivity contribution < 1.29 is 4.74 Å². The van der Waals surface area contributed by atoms with Crippen LogP contribution in [0.2, 0.25) is 0 Å². The Labute approximate surface area is 78.7 Å². The van der Waals surface area contributed by atoms with Crippen LogP contribution in [0.25, 0.3) is 0 Å². The van der Waals surface area contributed by atoms with Crippen molar-refractivity contribution in [3.63, 3.8) is 0 Å². The SMILES string of the molecule is CCCCOc1ccc(N)cc1N. The summed E-state index contributed by atoms with van der Waals surface area (Å²) in [6, 6.07) is 5.30. The van der Waals surface area contributed by atoms with Gasteiger partial charge in [0.05, 0.1) is 12.3 Å². The number of hydrogen-bond acceptors (Lipinski definition) is 3. The van der Waals surface area contributed by atoms with Crippen LogP contribution in [0.1, 0.15) is 19.8 Å². The van der Waals surface area contributed by atoms with Crippen LogP contribution in [-0.2, 0) is 0 Å². The normalized spacial score (nSPS) is 9.92. The summed E-state index contributed by atoms with van der Waals surface area (Å²) in [7, 11) is 0. The second-order valence-electron chi connectivity index (χ2n) is 3.00. The van der Waals surface area contributed by atoms with Gasteiger partial charge in [-0.1, -0.05) is 13.3 Å². The van der Waals surface area contributed by atoms with Gasteiger partial charge in [0.2, 0.25) is 0 Å². The summed E-state index contributed by atoms with van der Waals surface area (Å²) in [5.41, 5.74) is 12.5. The lowest BCUT2D eigenvalue weighted by Gasteiger charge is -2.08. The molecule has 13 heavy (non-hydrogen) atoms. The second kappa shape index (κ2) is 4.60. The van der Waals surface area contributed by atoms with Crippen molar-refractivity contribution in [2.24, 2.45) is 0 Å². The number of rotatable bonds is 4. The van der Waals surface area contributed by atoms with Crippen LogP contribution in [-0.4, -0.2) is 6.61 Å². The van der Waals surface area contributed by atoms with Gasteiger partial charge in [-0.2, -0.15) is 0 Å². The molecule has 0 spiro atoms. The van der Waals surface area contributed by atoms with E-state index in [-0.39, 0.29) is 0 Å². The van der Waals surface area contributed by atoms with Gasteiger partial charge in [-0.25, -0.2) is 0 Å². The lowest BCUT2D eigenvalue weighted by Crippen LogP contribution is -2.00. The first-order valence-corrected chi connectivity index (χ1v) is 4.52. The summed E-state index contributed by atoms with van der Waals surface area (Å²) in [5, 5.41) is 0. The zero-order chi connectivity index (χ0) is 9.68. The fourth-order valence-electron chi connectivity index (χ4n) is 1.02. The van der Waals surface area contributed by atoms with Gasteiger partial charge in [-0.15, -0.1) is 0 Å². The first-order valence-electron chi connectivity index (χ1n) is 4.52. The highest BCUT2D eigenvalue weighted by Crippen LogP contribution is 2.23. The molecule has 0 amide bonds. The molecule has 0 radical (unpaired) electrons. The van der Waals surface area contributed by atoms with Gasteiger partial charge in [0.25, 0.3) is 0 Å². The number of ether oxygens (including phenoxy) is 1. The standard InChI is InChI=1S/C10H16N2O/c1-2-3-6-13-10-5-4-8(11)7-9(10)12/h4-5,7H,2-3,6,11-12H2,1H3. The molecule has 72 valence electrons. The molecule has 1 rings (SSSR count). The molecule has 0 aromatic heterocycles. The van der Waals surface area contributed by atoms with Crippen molar-refractivity contribution in [1.29, 1.82) is 0 Å². The van der Waals surface area contributed by atoms with Crippen molar-refractivity contribution in [2.45, 2.75) is 19.8 Å². The molecule has 0 aliphatic rings. The zero-order valence-electron chi connectivity index (χ0n) is 7.92. The van der Waals surface area contributed by atoms with Gasteiger partial charge in [0, 0.05) is 5.69 Å². The van der Waals surface area contributed by atoms with Crippen molar-refractivity contribution in [2.75, 3.05) is 18.1 Å². The third kappa shape index (κ3) is 2.86. The number of nitrogens with two attached hydrogens (primary N) is 2. The van der Waals surface area contributed by atoms with Crippen LogP contribution in [0.3, 0.4) is 0 Å². The summed E-state index contributed by atoms with van der Waals surface area (Å²) in [5.74, 6) is 0.725. The number of anilines is 2. The predicted molar refractivity (Wildman–Crippen MR) is 55.7 cm³/mol. The third-order valence-corrected chi connectivity index (χ3v) is 1.79. The molecule has 0 heterocycles. The molecule has 1 aromatic rings. The van der Waals surface area contributed by atoms with E-state index < -0.39 is 0 Å². The van der Waals surface area contributed by atoms with Gasteiger partial charge in [-0.05, 0) is 24.6 Å². The minimum Gasteiger partial charge on any atom is -0.491 e. The summed E-state index contributed by atoms with van der Waals surface area (Å²) in [4.78, 5) is 0. The average molecular weight is 180 g/mol. The Hall–Kier alpha value is -1.38. The van der Waals surface area contributed by atoms with Gasteiger partial charge in [-0.3, -0.25) is 0 Å². The topological polar surface area (TPSA) is 61.3 Å². The Morgan fingerprint density at radius 2 is 2.08 bits per heavy atom. The Morgan fingerprint density at radius 1 is 1.31 bits per heavy atom. The highest BCUT2D eigenvalue weighted by Gasteiger charge is 1.99. The summed E-state index contributed by atoms with van der Waals surface area (Å²) in [6.45, 7) is 2.83. The molecule has 0 unspecified atom stereocenters. The van der Waals surface area contributed by atoms with Gasteiger partial charge >= 0.3 is 0 Å². The molecule has 0 aliphatic carbocycles. The van der Waals surface area contributed by atoms with Crippen molar-refractivity contribution in [3.8, 4) is 5.75 Å². The minimum absolute atomic E-state index is 0.608. The van der Waals surface area contributed by atoms with E-state index in [1.54, 1.807) is 18.2 Å². The fourth-order valence-corrected chi connectivity index (χ4v) is 1.02. The van der Waals surface area contributed by atoms with E-state index in [2.05, 4.69) is 6.92 Å². The predicted octanol–water partition coefficient (Wildman–Crippen LogP) is 2.03. The number of benzene rings is 1. The van der Waals surface area contributed by atoms with E-state index in [9.17, 15) is 0 Å². The molecule has 3 heteroatoms. The van der Waals surface area contributed by atoms with Gasteiger partial charge in [0.15, 0.2) is 0 Å². The largest absolute Gasteiger partial charge is 0.491 e. The van der Waals surface area contributed by atoms with E-state index in [1.165, 1.54) is 0 Å². The van der Waals surface area contributed by atoms with E-state index in [1.807, 2.05) is 0 Å². The molecule has 0 bridgehead atoms. The Morgan fingerprint density at radius 3 is 2.69 bits per heavy atom. The lowest BCUT2D eigenvalue weighted by atomic mass is 10.2. The van der Waals surface area contributed by atoms with Crippen LogP contribution in [0.4, 0.5) is 11.4 Å². The fraction of sp³-hybridized carbons (Fsp3) is 0.400. The van der Waals surface area contributed by atoms with E-state index >= 15 is 0 Å². The molecule has 0 fully saturated rings. The molecule has 0 aliphatic heterocycles. The molecule has 4 N–H and O–H groups in total. The highest BCUT2D eigenvalue weighted by atomic mass is 16.5. The van der Waals surface area contributed by atoms with Gasteiger partial charge < -0.3 is 16.2 Å². The van der Waals surface area contributed by atoms with Crippen LogP contribution in [0.5, 0.6) is 5.75 Å². The van der Waals surface area contributed by atoms with Crippen LogP contribution in [0, 0.1) is 0 Å². The van der Waals surface area contributed by atoms with E-state index in [0.29, 0.717) is 18.0 Å². The molecule has 0 saturated carbocycles. The summed E-state index contributed by atoms with van der Waals surface area (Å²) < 4.78 is 5.45. The molecule has 1 aromatic carbocycles. The van der Waals surface area contributed by atoms with Crippen molar-refractivity contribution in [1.82, 2.24) is 0 Å². The lowest BCUT2D eigenvalue weighted by molar-refractivity contribution is 0.311. The molecular formula is C10H16N2O. The quantitative estimate of drug-likeness (QED) is 0.550. The van der Waals surface area contributed by atoms with Crippen LogP contribution < -0.4 is 16.2 Å². The smallest absolute Gasteiger partial charge is 0.142 e. The van der Waals surface area contributed by atoms with Crippen molar-refractivity contribution in [3.05, 3.63) is 18.2 Å². The Kier molecular flexibility index (Phi) is 3.43. The van der Waals surface area contributed by atoms with E-state index in [0.717, 1.165) is 18.6 Å². The molecule has 3 nitrogen and oxygen atoms in total. The minimum atomic E-state index is 0.608. The second-order valence-corrected chi connectivity index (χ2v) is 3.00. The zero-order valence-corrected chi connectivity index (χ0v) is 7.92. The van der Waals surface area contributed by atoms with Crippen LogP contribution in [0.15, 0.2) is 18.2 Å². The maximum Gasteiger partial charge on any atom is 0.142 e. The van der Waals surface area contributed by atoms with Crippen molar-refractivity contribution >= 4 is 11.4 Å². The Bertz CT molecular complexity index is 274. The molecule has 0 atom stereocenters. The summed E-state index contributed by atoms with van der Waals surface area (Å²) >= 11 is 0. The monoisotopic (exact) mass is 180 g/mol. The molecular weight excluding hydrogens is 164 g/mol. The Balaban J connectivity index is 2.56.